The third-order valence-electron chi connectivity index (χ3n) is 11.7. The minimum absolute atomic E-state index is 0.330. The molecule has 230 valence electrons. The van der Waals surface area contributed by atoms with Crippen LogP contribution in [0.15, 0.2) is 175 Å². The molecule has 1 heteroatoms. The maximum atomic E-state index is 2.51. The minimum atomic E-state index is -0.330. The number of para-hydroxylation sites is 2. The normalized spacial score (nSPS) is 15.1. The van der Waals surface area contributed by atoms with Crippen molar-refractivity contribution < 1.29 is 0 Å². The minimum Gasteiger partial charge on any atom is -0.309 e. The lowest BCUT2D eigenvalue weighted by molar-refractivity contribution is 0.859. The van der Waals surface area contributed by atoms with Crippen molar-refractivity contribution in [1.29, 1.82) is 0 Å². The molecule has 0 bridgehead atoms. The average molecular weight is 632 g/mol. The van der Waals surface area contributed by atoms with Crippen LogP contribution in [0.25, 0.3) is 82.6 Å². The third kappa shape index (κ3) is 3.18. The van der Waals surface area contributed by atoms with E-state index < -0.39 is 0 Å². The van der Waals surface area contributed by atoms with Gasteiger partial charge in [-0.1, -0.05) is 133 Å². The third-order valence-corrected chi connectivity index (χ3v) is 11.7. The summed E-state index contributed by atoms with van der Waals surface area (Å²) in [6.45, 7) is 0. The van der Waals surface area contributed by atoms with E-state index in [4.69, 9.17) is 0 Å². The smallest absolute Gasteiger partial charge is 0.0659 e. The van der Waals surface area contributed by atoms with Gasteiger partial charge >= 0.3 is 0 Å². The molecule has 0 atom stereocenters. The van der Waals surface area contributed by atoms with Gasteiger partial charge in [0.2, 0.25) is 0 Å². The summed E-state index contributed by atoms with van der Waals surface area (Å²) in [6, 6.07) is 56.6. The molecule has 1 nitrogen and oxygen atoms in total. The van der Waals surface area contributed by atoms with Gasteiger partial charge in [0.05, 0.1) is 16.4 Å². The van der Waals surface area contributed by atoms with E-state index in [2.05, 4.69) is 181 Å². The first-order valence-electron chi connectivity index (χ1n) is 17.5. The summed E-state index contributed by atoms with van der Waals surface area (Å²) in [4.78, 5) is 0. The predicted octanol–water partition coefficient (Wildman–Crippen LogP) is 10.7. The largest absolute Gasteiger partial charge is 0.309 e. The summed E-state index contributed by atoms with van der Waals surface area (Å²) in [5.41, 5.74) is 11.5. The fourth-order valence-corrected chi connectivity index (χ4v) is 9.74. The van der Waals surface area contributed by atoms with E-state index in [0.29, 0.717) is 0 Å². The molecule has 0 amide bonds. The van der Waals surface area contributed by atoms with Gasteiger partial charge in [-0.15, -0.1) is 0 Å². The Morgan fingerprint density at radius 3 is 1.66 bits per heavy atom. The van der Waals surface area contributed by atoms with E-state index in [1.54, 1.807) is 0 Å². The number of benzene rings is 8. The van der Waals surface area contributed by atoms with Gasteiger partial charge in [-0.05, 0) is 119 Å². The number of hydrogen-bond donors (Lipinski definition) is 0. The van der Waals surface area contributed by atoms with Crippen molar-refractivity contribution >= 4 is 65.8 Å². The van der Waals surface area contributed by atoms with Crippen molar-refractivity contribution in [2.24, 2.45) is 0 Å². The quantitative estimate of drug-likeness (QED) is 0.159. The first kappa shape index (κ1) is 26.5. The average Bonchev–Trinajstić information content (AvgIpc) is 3.81. The summed E-state index contributed by atoms with van der Waals surface area (Å²) < 4.78 is 2.43. The van der Waals surface area contributed by atoms with Crippen molar-refractivity contribution in [3.8, 4) is 16.8 Å². The van der Waals surface area contributed by atoms with Crippen LogP contribution in [-0.2, 0) is 5.41 Å². The van der Waals surface area contributed by atoms with Gasteiger partial charge in [-0.2, -0.15) is 0 Å². The van der Waals surface area contributed by atoms with Crippen LogP contribution in [0.5, 0.6) is 0 Å². The zero-order chi connectivity index (χ0) is 32.6. The summed E-state index contributed by atoms with van der Waals surface area (Å²) in [7, 11) is 0. The number of nitrogens with zero attached hydrogens (tertiary/aromatic N) is 1. The van der Waals surface area contributed by atoms with Gasteiger partial charge in [0.1, 0.15) is 0 Å². The Bertz CT molecular complexity index is 3100. The second kappa shape index (κ2) is 9.37. The van der Waals surface area contributed by atoms with Gasteiger partial charge in [0.25, 0.3) is 0 Å². The van der Waals surface area contributed by atoms with Gasteiger partial charge in [0.15, 0.2) is 0 Å². The van der Waals surface area contributed by atoms with E-state index in [1.165, 1.54) is 104 Å². The van der Waals surface area contributed by atoms with Crippen LogP contribution in [0, 0.1) is 0 Å². The maximum Gasteiger partial charge on any atom is 0.0659 e. The van der Waals surface area contributed by atoms with E-state index in [-0.39, 0.29) is 5.41 Å². The molecule has 3 aliphatic carbocycles. The van der Waals surface area contributed by atoms with Crippen molar-refractivity contribution in [2.45, 2.75) is 5.41 Å². The number of allylic oxidation sites excluding steroid dienone is 4. The van der Waals surface area contributed by atoms with Crippen LogP contribution in [0.4, 0.5) is 0 Å². The highest BCUT2D eigenvalue weighted by atomic mass is 15.0. The van der Waals surface area contributed by atoms with Crippen molar-refractivity contribution in [1.82, 2.24) is 4.57 Å². The van der Waals surface area contributed by atoms with E-state index in [0.717, 1.165) is 0 Å². The Balaban J connectivity index is 1.20. The molecule has 0 N–H and O–H groups in total. The van der Waals surface area contributed by atoms with Crippen LogP contribution in [-0.4, -0.2) is 4.57 Å². The molecule has 12 rings (SSSR count). The highest BCUT2D eigenvalue weighted by Gasteiger charge is 2.46. The zero-order valence-corrected chi connectivity index (χ0v) is 27.2. The van der Waals surface area contributed by atoms with Crippen LogP contribution in [0.1, 0.15) is 11.1 Å². The topological polar surface area (TPSA) is 4.93 Å². The molecule has 1 aromatic heterocycles. The second-order valence-electron chi connectivity index (χ2n) is 14.0. The Hall–Kier alpha value is -6.44. The van der Waals surface area contributed by atoms with Crippen molar-refractivity contribution in [2.75, 3.05) is 0 Å². The van der Waals surface area contributed by atoms with Gasteiger partial charge in [-0.25, -0.2) is 0 Å². The lowest BCUT2D eigenvalue weighted by Crippen LogP contribution is -2.33. The summed E-state index contributed by atoms with van der Waals surface area (Å²) in [5.74, 6) is 0. The fourth-order valence-electron chi connectivity index (χ4n) is 9.74. The fraction of sp³-hybridized carbons (Fsp3) is 0.0204. The number of hydrogen-bond acceptors (Lipinski definition) is 0. The lowest BCUT2D eigenvalue weighted by Gasteiger charge is -2.34. The summed E-state index contributed by atoms with van der Waals surface area (Å²) in [6.07, 6.45) is 9.45. The Morgan fingerprint density at radius 1 is 0.440 bits per heavy atom. The van der Waals surface area contributed by atoms with E-state index >= 15 is 0 Å². The van der Waals surface area contributed by atoms with Gasteiger partial charge < -0.3 is 4.57 Å². The monoisotopic (exact) mass is 631 g/mol. The van der Waals surface area contributed by atoms with Gasteiger partial charge in [-0.3, -0.25) is 0 Å². The molecule has 3 aliphatic rings. The van der Waals surface area contributed by atoms with E-state index in [1.807, 2.05) is 0 Å². The highest BCUT2D eigenvalue weighted by molar-refractivity contribution is 6.26. The van der Waals surface area contributed by atoms with Crippen LogP contribution < -0.4 is 10.4 Å². The first-order valence-corrected chi connectivity index (χ1v) is 17.5. The number of fused-ring (bicyclic) bond motifs is 17. The predicted molar refractivity (Wildman–Crippen MR) is 210 cm³/mol. The molecule has 9 aromatic rings. The van der Waals surface area contributed by atoms with Crippen LogP contribution >= 0.6 is 0 Å². The molecule has 0 aliphatic heterocycles. The van der Waals surface area contributed by atoms with Crippen LogP contribution in [0.2, 0.25) is 0 Å². The molecule has 1 heterocycles. The first-order chi connectivity index (χ1) is 24.8. The Labute approximate surface area is 288 Å². The maximum absolute atomic E-state index is 2.51. The molecule has 0 unspecified atom stereocenters. The van der Waals surface area contributed by atoms with E-state index in [9.17, 15) is 0 Å². The molecule has 1 spiro atoms. The van der Waals surface area contributed by atoms with Crippen molar-refractivity contribution in [3.05, 3.63) is 197 Å². The molecule has 50 heavy (non-hydrogen) atoms. The Kier molecular flexibility index (Phi) is 4.97. The molecule has 0 saturated heterocycles. The molecule has 0 fully saturated rings. The molecule has 0 radical (unpaired) electrons. The molecular formula is C49H29N. The summed E-state index contributed by atoms with van der Waals surface area (Å²) >= 11 is 0. The molecule has 8 aromatic carbocycles. The SMILES string of the molecule is C1=CC2(C3=c4cc5c6ccc(-n7c8ccccc8c8ccccc87)cc6c6ccccc6c5cc4=CC3=C1)c1ccccc1-c1ccccc12. The van der Waals surface area contributed by atoms with Crippen molar-refractivity contribution in [3.63, 3.8) is 0 Å². The molecular weight excluding hydrogens is 603 g/mol. The van der Waals surface area contributed by atoms with Gasteiger partial charge in [0, 0.05) is 16.5 Å². The second-order valence-corrected chi connectivity index (χ2v) is 14.0. The standard InChI is InChI=1S/C49H29N/c1-2-14-34-33(13-1)41-27-31-26-30-12-11-25-49(44-19-7-3-15-36(44)37-16-4-8-20-45(37)49)48(30)40(31)29-43(41)35-24-23-32(28-42(34)35)50-46-21-9-5-17-38(46)39-18-6-10-22-47(39)50/h1-29H. The lowest BCUT2D eigenvalue weighted by atomic mass is 9.67. The zero-order valence-electron chi connectivity index (χ0n) is 27.2. The number of rotatable bonds is 1. The van der Waals surface area contributed by atoms with Crippen LogP contribution in [0.3, 0.4) is 0 Å². The number of aromatic nitrogens is 1. The highest BCUT2D eigenvalue weighted by Crippen LogP contribution is 2.57. The summed E-state index contributed by atoms with van der Waals surface area (Å²) in [5, 5.41) is 13.0. The molecule has 0 saturated carbocycles. The Morgan fingerprint density at radius 2 is 0.980 bits per heavy atom.